The molecule has 0 unspecified atom stereocenters. The molecule has 0 atom stereocenters. The van der Waals surface area contributed by atoms with Gasteiger partial charge in [-0.2, -0.15) is 0 Å². The zero-order valence-electron chi connectivity index (χ0n) is 11.7. The van der Waals surface area contributed by atoms with Crippen LogP contribution in [0.5, 0.6) is 5.75 Å². The fraction of sp³-hybridized carbons (Fsp3) is 0.533. The number of benzene rings is 1. The quantitative estimate of drug-likeness (QED) is 0.856. The first-order valence-electron chi connectivity index (χ1n) is 6.94. The number of carbonyl (C=O) groups excluding carboxylic acids is 1. The maximum Gasteiger partial charge on any atom is 0.223 e. The highest BCUT2D eigenvalue weighted by molar-refractivity contribution is 5.76. The van der Waals surface area contributed by atoms with Gasteiger partial charge >= 0.3 is 0 Å². The summed E-state index contributed by atoms with van der Waals surface area (Å²) in [5.74, 6) is 0.944. The number of anilines is 1. The summed E-state index contributed by atoms with van der Waals surface area (Å²) in [4.78, 5) is 11.5. The van der Waals surface area contributed by atoms with Crippen LogP contribution >= 0.6 is 0 Å². The predicted octanol–water partition coefficient (Wildman–Crippen LogP) is 2.34. The molecule has 1 aliphatic heterocycles. The van der Waals surface area contributed by atoms with Crippen LogP contribution in [0.15, 0.2) is 18.2 Å². The van der Waals surface area contributed by atoms with E-state index in [4.69, 9.17) is 4.74 Å². The van der Waals surface area contributed by atoms with Crippen molar-refractivity contribution in [2.24, 2.45) is 0 Å². The average Bonchev–Trinajstić information content (AvgIpc) is 2.38. The van der Waals surface area contributed by atoms with Gasteiger partial charge in [-0.1, -0.05) is 6.07 Å². The second kappa shape index (κ2) is 6.45. The topological polar surface area (TPSA) is 50.4 Å². The SMILES string of the molecule is CC(C)NC(=O)CCOc1cccc2c1CCCN2. The van der Waals surface area contributed by atoms with E-state index in [1.807, 2.05) is 26.0 Å². The third-order valence-corrected chi connectivity index (χ3v) is 3.09. The minimum Gasteiger partial charge on any atom is -0.493 e. The zero-order chi connectivity index (χ0) is 13.7. The van der Waals surface area contributed by atoms with Crippen molar-refractivity contribution in [1.82, 2.24) is 5.32 Å². The average molecular weight is 262 g/mol. The third kappa shape index (κ3) is 3.88. The van der Waals surface area contributed by atoms with Crippen LogP contribution in [-0.2, 0) is 11.2 Å². The number of amides is 1. The molecule has 1 heterocycles. The molecule has 1 aromatic carbocycles. The van der Waals surface area contributed by atoms with Crippen molar-refractivity contribution in [3.05, 3.63) is 23.8 Å². The molecule has 1 amide bonds. The molecule has 0 radical (unpaired) electrons. The second-order valence-corrected chi connectivity index (χ2v) is 5.13. The van der Waals surface area contributed by atoms with Crippen LogP contribution in [-0.4, -0.2) is 25.1 Å². The van der Waals surface area contributed by atoms with Crippen molar-refractivity contribution in [1.29, 1.82) is 0 Å². The number of hydrogen-bond donors (Lipinski definition) is 2. The minimum atomic E-state index is 0.0397. The second-order valence-electron chi connectivity index (χ2n) is 5.13. The third-order valence-electron chi connectivity index (χ3n) is 3.09. The van der Waals surface area contributed by atoms with Crippen LogP contribution in [0.3, 0.4) is 0 Å². The van der Waals surface area contributed by atoms with E-state index in [0.717, 1.165) is 30.8 Å². The lowest BCUT2D eigenvalue weighted by Gasteiger charge is -2.21. The Morgan fingerprint density at radius 1 is 1.47 bits per heavy atom. The first-order chi connectivity index (χ1) is 9.16. The van der Waals surface area contributed by atoms with Gasteiger partial charge in [-0.05, 0) is 38.8 Å². The Morgan fingerprint density at radius 2 is 2.32 bits per heavy atom. The predicted molar refractivity (Wildman–Crippen MR) is 76.6 cm³/mol. The molecule has 0 bridgehead atoms. The summed E-state index contributed by atoms with van der Waals surface area (Å²) in [6.45, 7) is 5.36. The highest BCUT2D eigenvalue weighted by Gasteiger charge is 2.13. The molecule has 0 aliphatic carbocycles. The molecule has 4 nitrogen and oxygen atoms in total. The molecule has 4 heteroatoms. The molecular formula is C15H22N2O2. The van der Waals surface area contributed by atoms with Crippen molar-refractivity contribution in [3.63, 3.8) is 0 Å². The van der Waals surface area contributed by atoms with Gasteiger partial charge < -0.3 is 15.4 Å². The van der Waals surface area contributed by atoms with Gasteiger partial charge in [0.1, 0.15) is 5.75 Å². The van der Waals surface area contributed by atoms with Crippen LogP contribution in [0.2, 0.25) is 0 Å². The zero-order valence-corrected chi connectivity index (χ0v) is 11.7. The van der Waals surface area contributed by atoms with Gasteiger partial charge in [0.25, 0.3) is 0 Å². The van der Waals surface area contributed by atoms with Crippen LogP contribution in [0, 0.1) is 0 Å². The normalized spacial score (nSPS) is 13.6. The maximum atomic E-state index is 11.5. The van der Waals surface area contributed by atoms with E-state index < -0.39 is 0 Å². The Balaban J connectivity index is 1.88. The molecule has 2 rings (SSSR count). The van der Waals surface area contributed by atoms with E-state index in [-0.39, 0.29) is 11.9 Å². The summed E-state index contributed by atoms with van der Waals surface area (Å²) in [6, 6.07) is 6.22. The van der Waals surface area contributed by atoms with Crippen LogP contribution in [0.25, 0.3) is 0 Å². The lowest BCUT2D eigenvalue weighted by atomic mass is 10.0. The molecule has 104 valence electrons. The molecule has 1 aromatic rings. The molecule has 19 heavy (non-hydrogen) atoms. The Bertz CT molecular complexity index is 444. The lowest BCUT2D eigenvalue weighted by molar-refractivity contribution is -0.122. The number of fused-ring (bicyclic) bond motifs is 1. The summed E-state index contributed by atoms with van der Waals surface area (Å²) < 4.78 is 5.76. The van der Waals surface area contributed by atoms with Gasteiger partial charge in [0.05, 0.1) is 13.0 Å². The Hall–Kier alpha value is -1.71. The van der Waals surface area contributed by atoms with E-state index in [9.17, 15) is 4.79 Å². The highest BCUT2D eigenvalue weighted by atomic mass is 16.5. The maximum absolute atomic E-state index is 11.5. The largest absolute Gasteiger partial charge is 0.493 e. The van der Waals surface area contributed by atoms with E-state index in [1.165, 1.54) is 5.56 Å². The van der Waals surface area contributed by atoms with Crippen LogP contribution in [0.4, 0.5) is 5.69 Å². The van der Waals surface area contributed by atoms with Gasteiger partial charge in [-0.15, -0.1) is 0 Å². The number of nitrogens with one attached hydrogen (secondary N) is 2. The van der Waals surface area contributed by atoms with Gasteiger partial charge in [0.2, 0.25) is 5.91 Å². The monoisotopic (exact) mass is 262 g/mol. The summed E-state index contributed by atoms with van der Waals surface area (Å²) in [5.41, 5.74) is 2.40. The van der Waals surface area contributed by atoms with E-state index >= 15 is 0 Å². The summed E-state index contributed by atoms with van der Waals surface area (Å²) in [7, 11) is 0. The minimum absolute atomic E-state index is 0.0397. The summed E-state index contributed by atoms with van der Waals surface area (Å²) in [5, 5.41) is 6.23. The van der Waals surface area contributed by atoms with Gasteiger partial charge in [-0.3, -0.25) is 4.79 Å². The molecule has 0 saturated heterocycles. The summed E-state index contributed by atoms with van der Waals surface area (Å²) >= 11 is 0. The number of ether oxygens (including phenoxy) is 1. The van der Waals surface area contributed by atoms with Crippen LogP contribution in [0.1, 0.15) is 32.3 Å². The Morgan fingerprint density at radius 3 is 3.11 bits per heavy atom. The fourth-order valence-corrected chi connectivity index (χ4v) is 2.26. The first kappa shape index (κ1) is 13.7. The van der Waals surface area contributed by atoms with Crippen molar-refractivity contribution in [3.8, 4) is 5.75 Å². The van der Waals surface area contributed by atoms with Crippen molar-refractivity contribution < 1.29 is 9.53 Å². The van der Waals surface area contributed by atoms with Crippen LogP contribution < -0.4 is 15.4 Å². The Kier molecular flexibility index (Phi) is 4.66. The van der Waals surface area contributed by atoms with Crippen molar-refractivity contribution in [2.45, 2.75) is 39.2 Å². The molecular weight excluding hydrogens is 240 g/mol. The molecule has 1 aliphatic rings. The Labute approximate surface area is 114 Å². The molecule has 0 aromatic heterocycles. The van der Waals surface area contributed by atoms with Crippen molar-refractivity contribution in [2.75, 3.05) is 18.5 Å². The molecule has 0 spiro atoms. The first-order valence-corrected chi connectivity index (χ1v) is 6.94. The summed E-state index contributed by atoms with van der Waals surface area (Å²) in [6.07, 6.45) is 2.56. The number of hydrogen-bond acceptors (Lipinski definition) is 3. The number of rotatable bonds is 5. The van der Waals surface area contributed by atoms with E-state index in [2.05, 4.69) is 16.7 Å². The standard InChI is InChI=1S/C15H22N2O2/c1-11(2)17-15(18)8-10-19-14-7-3-6-13-12(14)5-4-9-16-13/h3,6-7,11,16H,4-5,8-10H2,1-2H3,(H,17,18). The molecule has 2 N–H and O–H groups in total. The van der Waals surface area contributed by atoms with Crippen molar-refractivity contribution >= 4 is 11.6 Å². The smallest absolute Gasteiger partial charge is 0.223 e. The van der Waals surface area contributed by atoms with E-state index in [0.29, 0.717) is 13.0 Å². The van der Waals surface area contributed by atoms with Gasteiger partial charge in [0.15, 0.2) is 0 Å². The highest BCUT2D eigenvalue weighted by Crippen LogP contribution is 2.30. The fourth-order valence-electron chi connectivity index (χ4n) is 2.26. The van der Waals surface area contributed by atoms with Gasteiger partial charge in [-0.25, -0.2) is 0 Å². The van der Waals surface area contributed by atoms with Gasteiger partial charge in [0, 0.05) is 23.8 Å². The lowest BCUT2D eigenvalue weighted by Crippen LogP contribution is -2.31. The molecule has 0 saturated carbocycles. The molecule has 0 fully saturated rings. The number of carbonyl (C=O) groups is 1. The van der Waals surface area contributed by atoms with E-state index in [1.54, 1.807) is 0 Å².